The fraction of sp³-hybridized carbons (Fsp3) is 0.667. The van der Waals surface area contributed by atoms with Crippen LogP contribution in [0, 0.1) is 5.92 Å². The molecular weight excluding hydrogens is 216 g/mol. The molecule has 2 rings (SSSR count). The number of nitrogens with zero attached hydrogens (tertiary/aromatic N) is 2. The van der Waals surface area contributed by atoms with E-state index in [-0.39, 0.29) is 5.91 Å². The topological polar surface area (TPSA) is 72.9 Å². The third-order valence-corrected chi connectivity index (χ3v) is 3.37. The molecule has 94 valence electrons. The lowest BCUT2D eigenvalue weighted by atomic mass is 9.98. The van der Waals surface area contributed by atoms with E-state index in [9.17, 15) is 4.79 Å². The van der Waals surface area contributed by atoms with Gasteiger partial charge in [0.05, 0.1) is 17.9 Å². The van der Waals surface area contributed by atoms with Crippen LogP contribution in [0.1, 0.15) is 32.1 Å². The maximum absolute atomic E-state index is 11.8. The predicted octanol–water partition coefficient (Wildman–Crippen LogP) is 1.27. The van der Waals surface area contributed by atoms with Crippen molar-refractivity contribution in [2.75, 3.05) is 5.32 Å². The standard InChI is InChI=1S/C12H20N4O/c1-16-8-10(7-14-16)15-12(17)11(13)6-9-4-2-3-5-9/h7-9,11H,2-6,13H2,1H3,(H,15,17). The van der Waals surface area contributed by atoms with E-state index in [0.29, 0.717) is 11.6 Å². The second-order valence-corrected chi connectivity index (χ2v) is 4.88. The Morgan fingerprint density at radius 1 is 1.65 bits per heavy atom. The molecule has 0 aliphatic heterocycles. The van der Waals surface area contributed by atoms with Crippen LogP contribution in [0.25, 0.3) is 0 Å². The van der Waals surface area contributed by atoms with Gasteiger partial charge in [0.2, 0.25) is 5.91 Å². The molecule has 5 nitrogen and oxygen atoms in total. The van der Waals surface area contributed by atoms with Crippen molar-refractivity contribution in [3.63, 3.8) is 0 Å². The summed E-state index contributed by atoms with van der Waals surface area (Å²) >= 11 is 0. The Labute approximate surface area is 101 Å². The van der Waals surface area contributed by atoms with Gasteiger partial charge in [-0.05, 0) is 12.3 Å². The van der Waals surface area contributed by atoms with Crippen LogP contribution in [0.5, 0.6) is 0 Å². The number of rotatable bonds is 4. The first-order valence-corrected chi connectivity index (χ1v) is 6.20. The molecule has 1 aromatic rings. The van der Waals surface area contributed by atoms with Crippen molar-refractivity contribution in [2.24, 2.45) is 18.7 Å². The molecule has 1 heterocycles. The Bertz CT molecular complexity index is 382. The van der Waals surface area contributed by atoms with Gasteiger partial charge in [0.15, 0.2) is 0 Å². The minimum Gasteiger partial charge on any atom is -0.322 e. The summed E-state index contributed by atoms with van der Waals surface area (Å²) in [7, 11) is 1.81. The summed E-state index contributed by atoms with van der Waals surface area (Å²) in [5, 5.41) is 6.78. The van der Waals surface area contributed by atoms with E-state index in [1.54, 1.807) is 17.1 Å². The number of amides is 1. The molecule has 0 saturated heterocycles. The molecular formula is C12H20N4O. The normalized spacial score (nSPS) is 18.2. The van der Waals surface area contributed by atoms with Crippen molar-refractivity contribution in [1.29, 1.82) is 0 Å². The first-order chi connectivity index (χ1) is 8.15. The van der Waals surface area contributed by atoms with E-state index < -0.39 is 6.04 Å². The molecule has 1 amide bonds. The van der Waals surface area contributed by atoms with Gasteiger partial charge in [-0.15, -0.1) is 0 Å². The molecule has 1 aliphatic carbocycles. The summed E-state index contributed by atoms with van der Waals surface area (Å²) < 4.78 is 1.65. The highest BCUT2D eigenvalue weighted by atomic mass is 16.2. The fourth-order valence-corrected chi connectivity index (χ4v) is 2.43. The Morgan fingerprint density at radius 3 is 2.94 bits per heavy atom. The monoisotopic (exact) mass is 236 g/mol. The highest BCUT2D eigenvalue weighted by Crippen LogP contribution is 2.28. The van der Waals surface area contributed by atoms with Gasteiger partial charge in [-0.2, -0.15) is 5.10 Å². The molecule has 5 heteroatoms. The molecule has 0 spiro atoms. The third kappa shape index (κ3) is 3.30. The lowest BCUT2D eigenvalue weighted by Gasteiger charge is -2.15. The van der Waals surface area contributed by atoms with Gasteiger partial charge in [-0.1, -0.05) is 25.7 Å². The highest BCUT2D eigenvalue weighted by molar-refractivity contribution is 5.94. The van der Waals surface area contributed by atoms with Gasteiger partial charge in [0, 0.05) is 13.2 Å². The first-order valence-electron chi connectivity index (χ1n) is 6.20. The van der Waals surface area contributed by atoms with Gasteiger partial charge >= 0.3 is 0 Å². The fourth-order valence-electron chi connectivity index (χ4n) is 2.43. The Kier molecular flexibility index (Phi) is 3.78. The summed E-state index contributed by atoms with van der Waals surface area (Å²) in [4.78, 5) is 11.8. The molecule has 0 bridgehead atoms. The zero-order valence-corrected chi connectivity index (χ0v) is 10.2. The van der Waals surface area contributed by atoms with Crippen LogP contribution < -0.4 is 11.1 Å². The van der Waals surface area contributed by atoms with Gasteiger partial charge in [0.25, 0.3) is 0 Å². The van der Waals surface area contributed by atoms with Crippen molar-refractivity contribution >= 4 is 11.6 Å². The lowest BCUT2D eigenvalue weighted by molar-refractivity contribution is -0.117. The van der Waals surface area contributed by atoms with Crippen LogP contribution >= 0.6 is 0 Å². The van der Waals surface area contributed by atoms with Gasteiger partial charge in [0.1, 0.15) is 0 Å². The van der Waals surface area contributed by atoms with Crippen LogP contribution in [-0.2, 0) is 11.8 Å². The SMILES string of the molecule is Cn1cc(NC(=O)C(N)CC2CCCC2)cn1. The average molecular weight is 236 g/mol. The number of carbonyl (C=O) groups excluding carboxylic acids is 1. The summed E-state index contributed by atoms with van der Waals surface area (Å²) in [6.07, 6.45) is 9.18. The maximum Gasteiger partial charge on any atom is 0.241 e. The zero-order chi connectivity index (χ0) is 12.3. The van der Waals surface area contributed by atoms with Gasteiger partial charge in [-0.3, -0.25) is 9.48 Å². The highest BCUT2D eigenvalue weighted by Gasteiger charge is 2.22. The number of anilines is 1. The van der Waals surface area contributed by atoms with Gasteiger partial charge in [-0.25, -0.2) is 0 Å². The first kappa shape index (κ1) is 12.1. The van der Waals surface area contributed by atoms with E-state index in [2.05, 4.69) is 10.4 Å². The van der Waals surface area contributed by atoms with Crippen molar-refractivity contribution in [2.45, 2.75) is 38.1 Å². The van der Waals surface area contributed by atoms with Crippen molar-refractivity contribution < 1.29 is 4.79 Å². The van der Waals surface area contributed by atoms with Crippen LogP contribution in [0.4, 0.5) is 5.69 Å². The number of nitrogens with two attached hydrogens (primary N) is 1. The summed E-state index contributed by atoms with van der Waals surface area (Å²) in [6.45, 7) is 0. The largest absolute Gasteiger partial charge is 0.322 e. The van der Waals surface area contributed by atoms with E-state index in [0.717, 1.165) is 6.42 Å². The molecule has 0 radical (unpaired) electrons. The number of hydrogen-bond acceptors (Lipinski definition) is 3. The second kappa shape index (κ2) is 5.31. The minimum absolute atomic E-state index is 0.107. The van der Waals surface area contributed by atoms with E-state index in [1.165, 1.54) is 25.7 Å². The average Bonchev–Trinajstić information content (AvgIpc) is 2.90. The second-order valence-electron chi connectivity index (χ2n) is 4.88. The molecule has 1 saturated carbocycles. The zero-order valence-electron chi connectivity index (χ0n) is 10.2. The van der Waals surface area contributed by atoms with E-state index in [4.69, 9.17) is 5.73 Å². The van der Waals surface area contributed by atoms with Crippen LogP contribution in [0.3, 0.4) is 0 Å². The minimum atomic E-state index is -0.404. The molecule has 1 aromatic heterocycles. The number of aromatic nitrogens is 2. The number of hydrogen-bond donors (Lipinski definition) is 2. The number of aryl methyl sites for hydroxylation is 1. The molecule has 1 aliphatic rings. The molecule has 17 heavy (non-hydrogen) atoms. The summed E-state index contributed by atoms with van der Waals surface area (Å²) in [5.41, 5.74) is 6.62. The van der Waals surface area contributed by atoms with Crippen molar-refractivity contribution in [3.8, 4) is 0 Å². The smallest absolute Gasteiger partial charge is 0.241 e. The predicted molar refractivity (Wildman–Crippen MR) is 66.4 cm³/mol. The summed E-state index contributed by atoms with van der Waals surface area (Å²) in [6, 6.07) is -0.404. The molecule has 1 fully saturated rings. The van der Waals surface area contributed by atoms with Crippen LogP contribution in [-0.4, -0.2) is 21.7 Å². The Balaban J connectivity index is 1.82. The van der Waals surface area contributed by atoms with Crippen LogP contribution in [0.15, 0.2) is 12.4 Å². The Hall–Kier alpha value is -1.36. The molecule has 1 unspecified atom stereocenters. The quantitative estimate of drug-likeness (QED) is 0.826. The molecule has 3 N–H and O–H groups in total. The molecule has 1 atom stereocenters. The lowest BCUT2D eigenvalue weighted by Crippen LogP contribution is -2.36. The Morgan fingerprint density at radius 2 is 2.35 bits per heavy atom. The van der Waals surface area contributed by atoms with E-state index >= 15 is 0 Å². The van der Waals surface area contributed by atoms with Gasteiger partial charge < -0.3 is 11.1 Å². The number of carbonyl (C=O) groups is 1. The molecule has 0 aromatic carbocycles. The van der Waals surface area contributed by atoms with Crippen molar-refractivity contribution in [3.05, 3.63) is 12.4 Å². The van der Waals surface area contributed by atoms with E-state index in [1.807, 2.05) is 7.05 Å². The summed E-state index contributed by atoms with van der Waals surface area (Å²) in [5.74, 6) is 0.523. The third-order valence-electron chi connectivity index (χ3n) is 3.37. The van der Waals surface area contributed by atoms with Crippen molar-refractivity contribution in [1.82, 2.24) is 9.78 Å². The maximum atomic E-state index is 11.8. The van der Waals surface area contributed by atoms with Crippen LogP contribution in [0.2, 0.25) is 0 Å². The number of nitrogens with one attached hydrogen (secondary N) is 1.